The van der Waals surface area contributed by atoms with Gasteiger partial charge in [0.2, 0.25) is 0 Å². The fraction of sp³-hybridized carbons (Fsp3) is 0.250. The Bertz CT molecular complexity index is 1300. The van der Waals surface area contributed by atoms with E-state index in [-0.39, 0.29) is 5.91 Å². The number of fused-ring (bicyclic) bond motifs is 1. The number of carbonyl (C=O) groups excluding carboxylic acids is 1. The third-order valence-electron chi connectivity index (χ3n) is 4.89. The number of carboxylic acids is 1. The van der Waals surface area contributed by atoms with Crippen molar-refractivity contribution in [1.82, 2.24) is 19.7 Å². The fourth-order valence-corrected chi connectivity index (χ4v) is 4.00. The number of pyridine rings is 2. The summed E-state index contributed by atoms with van der Waals surface area (Å²) in [6.45, 7) is 4.86. The molecule has 0 unspecified atom stereocenters. The average Bonchev–Trinajstić information content (AvgIpc) is 3.45. The number of halogens is 3. The minimum absolute atomic E-state index is 0.0664. The molecule has 4 heterocycles. The number of thiazole rings is 1. The molecule has 0 fully saturated rings. The summed E-state index contributed by atoms with van der Waals surface area (Å²) in [5.41, 5.74) is 4.56. The maximum atomic E-state index is 12.9. The number of alkyl halides is 3. The molecule has 0 saturated heterocycles. The Labute approximate surface area is 203 Å². The maximum Gasteiger partial charge on any atom is 0.490 e. The SMILES string of the molecule is CC(C)c1nc(-c2cc(C(=O)NCCc3ccncc3)c3ccccn23)cs1.O=C(O)C(F)(F)F. The molecule has 2 N–H and O–H groups in total. The van der Waals surface area contributed by atoms with Crippen LogP contribution in [0.4, 0.5) is 13.2 Å². The lowest BCUT2D eigenvalue weighted by Crippen LogP contribution is -2.25. The maximum absolute atomic E-state index is 12.9. The Morgan fingerprint density at radius 1 is 1.17 bits per heavy atom. The van der Waals surface area contributed by atoms with E-state index in [9.17, 15) is 18.0 Å². The van der Waals surface area contributed by atoms with Crippen molar-refractivity contribution in [2.75, 3.05) is 6.54 Å². The molecule has 0 aliphatic carbocycles. The van der Waals surface area contributed by atoms with Crippen LogP contribution < -0.4 is 5.32 Å². The smallest absolute Gasteiger partial charge is 0.475 e. The fourth-order valence-electron chi connectivity index (χ4n) is 3.17. The molecule has 0 radical (unpaired) electrons. The molecule has 0 spiro atoms. The molecule has 184 valence electrons. The Morgan fingerprint density at radius 2 is 1.86 bits per heavy atom. The molecule has 0 atom stereocenters. The lowest BCUT2D eigenvalue weighted by molar-refractivity contribution is -0.192. The van der Waals surface area contributed by atoms with Gasteiger partial charge in [0.25, 0.3) is 5.91 Å². The summed E-state index contributed by atoms with van der Waals surface area (Å²) in [6.07, 6.45) is 1.21. The van der Waals surface area contributed by atoms with Gasteiger partial charge < -0.3 is 14.8 Å². The van der Waals surface area contributed by atoms with Crippen LogP contribution in [0.1, 0.15) is 40.7 Å². The normalized spacial score (nSPS) is 11.3. The summed E-state index contributed by atoms with van der Waals surface area (Å²) in [7, 11) is 0. The van der Waals surface area contributed by atoms with Crippen molar-refractivity contribution in [1.29, 1.82) is 0 Å². The van der Waals surface area contributed by atoms with Crippen molar-refractivity contribution in [2.45, 2.75) is 32.4 Å². The van der Waals surface area contributed by atoms with Gasteiger partial charge in [0.05, 0.1) is 27.5 Å². The second-order valence-electron chi connectivity index (χ2n) is 7.79. The number of carbonyl (C=O) groups is 2. The monoisotopic (exact) mass is 504 g/mol. The van der Waals surface area contributed by atoms with Crippen LogP contribution in [0.25, 0.3) is 16.9 Å². The summed E-state index contributed by atoms with van der Waals surface area (Å²) in [5, 5.41) is 13.3. The van der Waals surface area contributed by atoms with E-state index in [1.807, 2.05) is 47.0 Å². The first-order valence-corrected chi connectivity index (χ1v) is 11.5. The standard InChI is InChI=1S/C22H22N4OS.C2HF3O2/c1-15(2)22-25-18(14-28-22)20-13-17(19-5-3-4-12-26(19)20)21(27)24-11-8-16-6-9-23-10-7-16;3-2(4,5)1(6)7/h3-7,9-10,12-15H,8,11H2,1-2H3,(H,24,27);(H,6,7). The highest BCUT2D eigenvalue weighted by Crippen LogP contribution is 2.29. The molecule has 0 aliphatic rings. The summed E-state index contributed by atoms with van der Waals surface area (Å²) < 4.78 is 33.8. The Morgan fingerprint density at radius 3 is 2.46 bits per heavy atom. The first kappa shape index (κ1) is 25.9. The minimum atomic E-state index is -5.08. The third kappa shape index (κ3) is 6.66. The molecule has 4 aromatic rings. The van der Waals surface area contributed by atoms with E-state index in [0.717, 1.165) is 33.9 Å². The topological polar surface area (TPSA) is 96.6 Å². The largest absolute Gasteiger partial charge is 0.490 e. The molecule has 0 saturated carbocycles. The number of nitrogens with zero attached hydrogens (tertiary/aromatic N) is 3. The van der Waals surface area contributed by atoms with Gasteiger partial charge in [-0.15, -0.1) is 11.3 Å². The van der Waals surface area contributed by atoms with Crippen molar-refractivity contribution in [3.8, 4) is 11.4 Å². The van der Waals surface area contributed by atoms with Crippen molar-refractivity contribution in [2.24, 2.45) is 0 Å². The second-order valence-corrected chi connectivity index (χ2v) is 8.68. The quantitative estimate of drug-likeness (QED) is 0.377. The van der Waals surface area contributed by atoms with Crippen LogP contribution in [0.5, 0.6) is 0 Å². The summed E-state index contributed by atoms with van der Waals surface area (Å²) >= 11 is 1.66. The second kappa shape index (κ2) is 11.1. The number of aliphatic carboxylic acids is 1. The van der Waals surface area contributed by atoms with E-state index < -0.39 is 12.1 Å². The van der Waals surface area contributed by atoms with E-state index in [1.165, 1.54) is 0 Å². The molecule has 0 bridgehead atoms. The molecular formula is C24H23F3N4O3S. The van der Waals surface area contributed by atoms with Gasteiger partial charge in [-0.3, -0.25) is 9.78 Å². The zero-order valence-electron chi connectivity index (χ0n) is 18.9. The molecule has 7 nitrogen and oxygen atoms in total. The van der Waals surface area contributed by atoms with Crippen LogP contribution >= 0.6 is 11.3 Å². The number of nitrogens with one attached hydrogen (secondary N) is 1. The van der Waals surface area contributed by atoms with E-state index in [2.05, 4.69) is 29.5 Å². The van der Waals surface area contributed by atoms with Gasteiger partial charge in [-0.1, -0.05) is 19.9 Å². The van der Waals surface area contributed by atoms with Crippen LogP contribution in [-0.2, 0) is 11.2 Å². The van der Waals surface area contributed by atoms with Gasteiger partial charge in [0.1, 0.15) is 0 Å². The average molecular weight is 505 g/mol. The van der Waals surface area contributed by atoms with Gasteiger partial charge in [0.15, 0.2) is 0 Å². The van der Waals surface area contributed by atoms with Crippen molar-refractivity contribution in [3.05, 3.63) is 76.5 Å². The number of hydrogen-bond acceptors (Lipinski definition) is 5. The van der Waals surface area contributed by atoms with Crippen molar-refractivity contribution in [3.63, 3.8) is 0 Å². The summed E-state index contributed by atoms with van der Waals surface area (Å²) in [5.74, 6) is -2.43. The van der Waals surface area contributed by atoms with E-state index in [0.29, 0.717) is 18.0 Å². The predicted octanol–water partition coefficient (Wildman–Crippen LogP) is 5.19. The van der Waals surface area contributed by atoms with E-state index in [1.54, 1.807) is 23.7 Å². The summed E-state index contributed by atoms with van der Waals surface area (Å²) in [4.78, 5) is 30.5. The number of amides is 1. The molecule has 0 aliphatic heterocycles. The highest BCUT2D eigenvalue weighted by molar-refractivity contribution is 7.10. The highest BCUT2D eigenvalue weighted by atomic mass is 32.1. The molecule has 35 heavy (non-hydrogen) atoms. The van der Waals surface area contributed by atoms with Gasteiger partial charge >= 0.3 is 12.1 Å². The highest BCUT2D eigenvalue weighted by Gasteiger charge is 2.38. The minimum Gasteiger partial charge on any atom is -0.475 e. The molecule has 1 amide bonds. The zero-order valence-corrected chi connectivity index (χ0v) is 19.7. The predicted molar refractivity (Wildman–Crippen MR) is 127 cm³/mol. The first-order valence-electron chi connectivity index (χ1n) is 10.6. The third-order valence-corrected chi connectivity index (χ3v) is 6.04. The molecule has 0 aromatic carbocycles. The van der Waals surface area contributed by atoms with Gasteiger partial charge in [-0.05, 0) is 42.3 Å². The van der Waals surface area contributed by atoms with Gasteiger partial charge in [-0.2, -0.15) is 13.2 Å². The number of aromatic nitrogens is 3. The van der Waals surface area contributed by atoms with E-state index >= 15 is 0 Å². The Kier molecular flexibility index (Phi) is 8.23. The number of hydrogen-bond donors (Lipinski definition) is 2. The van der Waals surface area contributed by atoms with Crippen LogP contribution in [-0.4, -0.2) is 44.1 Å². The van der Waals surface area contributed by atoms with Crippen LogP contribution in [0, 0.1) is 0 Å². The zero-order chi connectivity index (χ0) is 25.6. The van der Waals surface area contributed by atoms with Gasteiger partial charge in [-0.25, -0.2) is 9.78 Å². The Hall–Kier alpha value is -3.73. The van der Waals surface area contributed by atoms with Crippen molar-refractivity contribution >= 4 is 28.7 Å². The van der Waals surface area contributed by atoms with Crippen LogP contribution in [0.2, 0.25) is 0 Å². The lowest BCUT2D eigenvalue weighted by Gasteiger charge is -2.04. The lowest BCUT2D eigenvalue weighted by atomic mass is 10.2. The van der Waals surface area contributed by atoms with Crippen LogP contribution in [0.3, 0.4) is 0 Å². The Balaban J connectivity index is 0.000000429. The van der Waals surface area contributed by atoms with Crippen LogP contribution in [0.15, 0.2) is 60.4 Å². The van der Waals surface area contributed by atoms with Crippen molar-refractivity contribution < 1.29 is 27.9 Å². The van der Waals surface area contributed by atoms with Gasteiger partial charge in [0, 0.05) is 36.4 Å². The number of rotatable bonds is 6. The molecule has 4 rings (SSSR count). The molecule has 11 heteroatoms. The molecular weight excluding hydrogens is 481 g/mol. The summed E-state index contributed by atoms with van der Waals surface area (Å²) in [6, 6.07) is 11.8. The first-order chi connectivity index (χ1) is 16.6. The van der Waals surface area contributed by atoms with E-state index in [4.69, 9.17) is 14.9 Å². The molecule has 4 aromatic heterocycles. The number of carboxylic acid groups (broad SMARTS) is 1.